The quantitative estimate of drug-likeness (QED) is 0.613. The van der Waals surface area contributed by atoms with Crippen LogP contribution in [0.5, 0.6) is 0 Å². The Balaban J connectivity index is 1.52. The Morgan fingerprint density at radius 2 is 1.93 bits per heavy atom. The number of fused-ring (bicyclic) bond motifs is 1. The number of rotatable bonds is 4. The van der Waals surface area contributed by atoms with E-state index in [2.05, 4.69) is 9.97 Å². The van der Waals surface area contributed by atoms with Gasteiger partial charge in [-0.1, -0.05) is 0 Å². The second-order valence-corrected chi connectivity index (χ2v) is 6.94. The van der Waals surface area contributed by atoms with Crippen molar-refractivity contribution >= 4 is 23.4 Å². The van der Waals surface area contributed by atoms with E-state index in [0.717, 1.165) is 12.3 Å². The molecular weight excluding hydrogens is 393 g/mol. The van der Waals surface area contributed by atoms with Crippen molar-refractivity contribution in [2.75, 3.05) is 22.9 Å². The molecule has 0 spiro atoms. The predicted molar refractivity (Wildman–Crippen MR) is 95.2 cm³/mol. The van der Waals surface area contributed by atoms with Gasteiger partial charge in [0.1, 0.15) is 17.8 Å². The van der Waals surface area contributed by atoms with Crippen molar-refractivity contribution in [3.05, 3.63) is 52.3 Å². The number of anilines is 2. The lowest BCUT2D eigenvalue weighted by Gasteiger charge is -2.27. The van der Waals surface area contributed by atoms with Gasteiger partial charge in [0, 0.05) is 43.2 Å². The maximum absolute atomic E-state index is 13.2. The number of alkyl halides is 3. The lowest BCUT2D eigenvalue weighted by Crippen LogP contribution is -2.43. The van der Waals surface area contributed by atoms with Crippen molar-refractivity contribution in [2.45, 2.75) is 12.2 Å². The predicted octanol–water partition coefficient (Wildman–Crippen LogP) is 2.42. The lowest BCUT2D eigenvalue weighted by molar-refractivity contribution is -0.385. The van der Waals surface area contributed by atoms with Crippen molar-refractivity contribution < 1.29 is 22.9 Å². The lowest BCUT2D eigenvalue weighted by atomic mass is 10.2. The third-order valence-corrected chi connectivity index (χ3v) is 5.27. The zero-order valence-corrected chi connectivity index (χ0v) is 14.8. The van der Waals surface area contributed by atoms with Crippen LogP contribution in [0.1, 0.15) is 5.56 Å². The first-order valence-electron chi connectivity index (χ1n) is 8.64. The number of aromatic nitrogens is 2. The molecule has 12 heteroatoms. The van der Waals surface area contributed by atoms with E-state index in [1.54, 1.807) is 4.90 Å². The molecule has 1 saturated heterocycles. The van der Waals surface area contributed by atoms with Gasteiger partial charge in [0.2, 0.25) is 0 Å². The minimum absolute atomic E-state index is 0.0948. The number of amides is 2. The van der Waals surface area contributed by atoms with Crippen LogP contribution in [-0.4, -0.2) is 40.1 Å². The van der Waals surface area contributed by atoms with Gasteiger partial charge in [-0.05, 0) is 18.2 Å². The van der Waals surface area contributed by atoms with E-state index in [-0.39, 0.29) is 48.3 Å². The van der Waals surface area contributed by atoms with Crippen molar-refractivity contribution in [1.82, 2.24) is 9.97 Å². The second kappa shape index (κ2) is 6.57. The number of hydrogen-bond acceptors (Lipinski definition) is 6. The van der Waals surface area contributed by atoms with Gasteiger partial charge in [-0.15, -0.1) is 0 Å². The summed E-state index contributed by atoms with van der Waals surface area (Å²) in [5.41, 5.74) is 4.45. The van der Waals surface area contributed by atoms with Crippen molar-refractivity contribution in [2.24, 2.45) is 17.6 Å². The molecule has 1 unspecified atom stereocenters. The van der Waals surface area contributed by atoms with Crippen LogP contribution < -0.4 is 15.5 Å². The molecule has 2 amide bonds. The van der Waals surface area contributed by atoms with Gasteiger partial charge in [0.05, 0.1) is 10.5 Å². The van der Waals surface area contributed by atoms with E-state index in [1.165, 1.54) is 29.3 Å². The van der Waals surface area contributed by atoms with Crippen molar-refractivity contribution in [1.29, 1.82) is 0 Å². The average Bonchev–Trinajstić information content (AvgIpc) is 3.12. The largest absolute Gasteiger partial charge is 0.419 e. The molecular formula is C17H15F3N6O3. The van der Waals surface area contributed by atoms with Crippen LogP contribution in [0.25, 0.3) is 0 Å². The Bertz CT molecular complexity index is 956. The van der Waals surface area contributed by atoms with Crippen LogP contribution in [0.15, 0.2) is 36.7 Å². The highest BCUT2D eigenvalue weighted by atomic mass is 19.4. The Kier molecular flexibility index (Phi) is 4.28. The molecule has 0 radical (unpaired) electrons. The van der Waals surface area contributed by atoms with Crippen LogP contribution in [0.3, 0.4) is 0 Å². The van der Waals surface area contributed by atoms with Gasteiger partial charge in [-0.25, -0.2) is 14.8 Å². The molecule has 152 valence electrons. The van der Waals surface area contributed by atoms with Crippen LogP contribution in [0.2, 0.25) is 0 Å². The normalized spacial score (nSPS) is 22.9. The summed E-state index contributed by atoms with van der Waals surface area (Å²) in [6.07, 6.45) is -2.18. The Morgan fingerprint density at radius 1 is 1.24 bits per heavy atom. The standard InChI is InChI=1S/C17H15F3N6O3/c18-17(19,20)12-2-1-5-22-15(12)24-7-10-11(8-24)14(10)25(16(21)27)13-4-3-9(6-23-13)26(28)29/h1-6,10-11,14H,7-8H2,(H2,21,27)/t10-,11?,14+/m0/s1. The highest BCUT2D eigenvalue weighted by Crippen LogP contribution is 2.51. The molecule has 1 saturated carbocycles. The van der Waals surface area contributed by atoms with Crippen LogP contribution in [-0.2, 0) is 6.18 Å². The Hall–Kier alpha value is -3.44. The van der Waals surface area contributed by atoms with E-state index in [1.807, 2.05) is 0 Å². The summed E-state index contributed by atoms with van der Waals surface area (Å²) in [6, 6.07) is 3.67. The fourth-order valence-electron chi connectivity index (χ4n) is 3.96. The number of carbonyl (C=O) groups is 1. The zero-order chi connectivity index (χ0) is 20.9. The molecule has 2 N–H and O–H groups in total. The molecule has 2 aromatic rings. The maximum Gasteiger partial charge on any atom is 0.419 e. The van der Waals surface area contributed by atoms with E-state index in [0.29, 0.717) is 0 Å². The molecule has 0 bridgehead atoms. The number of nitrogens with two attached hydrogens (primary N) is 1. The molecule has 3 heterocycles. The summed E-state index contributed by atoms with van der Waals surface area (Å²) in [7, 11) is 0. The highest BCUT2D eigenvalue weighted by molar-refractivity contribution is 5.91. The number of nitro groups is 1. The average molecular weight is 408 g/mol. The highest BCUT2D eigenvalue weighted by Gasteiger charge is 2.60. The van der Waals surface area contributed by atoms with Gasteiger partial charge in [0.15, 0.2) is 0 Å². The van der Waals surface area contributed by atoms with E-state index < -0.39 is 22.7 Å². The zero-order valence-electron chi connectivity index (χ0n) is 14.8. The van der Waals surface area contributed by atoms with Crippen LogP contribution in [0.4, 0.5) is 35.3 Å². The van der Waals surface area contributed by atoms with E-state index >= 15 is 0 Å². The summed E-state index contributed by atoms with van der Waals surface area (Å²) < 4.78 is 39.7. The fraction of sp³-hybridized carbons (Fsp3) is 0.353. The first-order valence-corrected chi connectivity index (χ1v) is 8.64. The van der Waals surface area contributed by atoms with Gasteiger partial charge >= 0.3 is 12.2 Å². The summed E-state index contributed by atoms with van der Waals surface area (Å²) in [4.78, 5) is 32.8. The number of halogens is 3. The van der Waals surface area contributed by atoms with Gasteiger partial charge in [0.25, 0.3) is 5.69 Å². The third-order valence-electron chi connectivity index (χ3n) is 5.27. The first-order chi connectivity index (χ1) is 13.7. The number of pyridine rings is 2. The molecule has 1 aliphatic carbocycles. The SMILES string of the molecule is NC(=O)N(c1ccc([N+](=O)[O-])cn1)[C@H]1C2CN(c3ncccc3C(F)(F)F)C[C@@H]21. The number of primary amides is 1. The summed E-state index contributed by atoms with van der Waals surface area (Å²) in [6.45, 7) is 0.568. The molecule has 9 nitrogen and oxygen atoms in total. The minimum Gasteiger partial charge on any atom is -0.355 e. The molecule has 2 aromatic heterocycles. The number of hydrogen-bond donors (Lipinski definition) is 1. The molecule has 1 aliphatic heterocycles. The molecule has 0 aromatic carbocycles. The number of urea groups is 1. The number of nitrogens with zero attached hydrogens (tertiary/aromatic N) is 5. The molecule has 3 atom stereocenters. The molecule has 29 heavy (non-hydrogen) atoms. The number of piperidine rings is 1. The van der Waals surface area contributed by atoms with Crippen LogP contribution >= 0.6 is 0 Å². The molecule has 2 fully saturated rings. The second-order valence-electron chi connectivity index (χ2n) is 6.94. The third kappa shape index (κ3) is 3.30. The summed E-state index contributed by atoms with van der Waals surface area (Å²) in [5.74, 6) is -0.155. The minimum atomic E-state index is -4.52. The maximum atomic E-state index is 13.2. The topological polar surface area (TPSA) is 118 Å². The van der Waals surface area contributed by atoms with Crippen molar-refractivity contribution in [3.63, 3.8) is 0 Å². The smallest absolute Gasteiger partial charge is 0.355 e. The van der Waals surface area contributed by atoms with Gasteiger partial charge in [-0.3, -0.25) is 15.0 Å². The summed E-state index contributed by atoms with van der Waals surface area (Å²) >= 11 is 0. The van der Waals surface area contributed by atoms with Gasteiger partial charge in [-0.2, -0.15) is 13.2 Å². The summed E-state index contributed by atoms with van der Waals surface area (Å²) in [5, 5.41) is 10.8. The van der Waals surface area contributed by atoms with Gasteiger partial charge < -0.3 is 10.6 Å². The Labute approximate surface area is 162 Å². The van der Waals surface area contributed by atoms with Crippen LogP contribution in [0, 0.1) is 22.0 Å². The molecule has 2 aliphatic rings. The fourth-order valence-corrected chi connectivity index (χ4v) is 3.96. The monoisotopic (exact) mass is 408 g/mol. The van der Waals surface area contributed by atoms with E-state index in [4.69, 9.17) is 5.73 Å². The van der Waals surface area contributed by atoms with E-state index in [9.17, 15) is 28.1 Å². The van der Waals surface area contributed by atoms with Crippen molar-refractivity contribution in [3.8, 4) is 0 Å². The first kappa shape index (κ1) is 18.9. The number of carbonyl (C=O) groups excluding carboxylic acids is 1. The molecule has 4 rings (SSSR count). The Morgan fingerprint density at radius 3 is 2.45 bits per heavy atom.